The molecule has 0 fully saturated rings. The van der Waals surface area contributed by atoms with Crippen LogP contribution in [0.5, 0.6) is 5.75 Å². The lowest BCUT2D eigenvalue weighted by atomic mass is 9.92. The number of para-hydroxylation sites is 1. The highest BCUT2D eigenvalue weighted by atomic mass is 16.5. The molecule has 5 nitrogen and oxygen atoms in total. The van der Waals surface area contributed by atoms with Gasteiger partial charge in [0.25, 0.3) is 11.8 Å². The maximum absolute atomic E-state index is 13.5. The van der Waals surface area contributed by atoms with Gasteiger partial charge in [0.2, 0.25) is 0 Å². The molecule has 1 aliphatic rings. The van der Waals surface area contributed by atoms with Gasteiger partial charge in [0, 0.05) is 0 Å². The molecule has 34 heavy (non-hydrogen) atoms. The smallest absolute Gasteiger partial charge is 0.343 e. The predicted octanol–water partition coefficient (Wildman–Crippen LogP) is 6.57. The van der Waals surface area contributed by atoms with Gasteiger partial charge in [-0.25, -0.2) is 9.69 Å². The fourth-order valence-corrected chi connectivity index (χ4v) is 4.28. The Morgan fingerprint density at radius 3 is 1.97 bits per heavy atom. The predicted molar refractivity (Wildman–Crippen MR) is 133 cm³/mol. The number of carbonyl (C=O) groups is 3. The van der Waals surface area contributed by atoms with Gasteiger partial charge in [-0.2, -0.15) is 0 Å². The second-order valence-corrected chi connectivity index (χ2v) is 9.44. The minimum absolute atomic E-state index is 0.126. The number of anilines is 1. The van der Waals surface area contributed by atoms with Crippen molar-refractivity contribution in [3.8, 4) is 5.75 Å². The minimum atomic E-state index is -0.574. The number of rotatable bonds is 5. The molecule has 0 aromatic heterocycles. The Morgan fingerprint density at radius 2 is 1.38 bits per heavy atom. The van der Waals surface area contributed by atoms with Gasteiger partial charge in [0.15, 0.2) is 0 Å². The molecule has 1 heterocycles. The van der Waals surface area contributed by atoms with Gasteiger partial charge in [0.1, 0.15) is 5.75 Å². The third kappa shape index (κ3) is 4.03. The maximum Gasteiger partial charge on any atom is 0.343 e. The van der Waals surface area contributed by atoms with Crippen LogP contribution in [0.25, 0.3) is 0 Å². The Hall–Kier alpha value is -3.73. The highest BCUT2D eigenvalue weighted by Gasteiger charge is 2.39. The van der Waals surface area contributed by atoms with Crippen LogP contribution in [0.3, 0.4) is 0 Å². The molecule has 3 aromatic carbocycles. The Balaban J connectivity index is 1.71. The summed E-state index contributed by atoms with van der Waals surface area (Å²) in [6, 6.07) is 15.9. The van der Waals surface area contributed by atoms with Gasteiger partial charge in [0.05, 0.1) is 22.4 Å². The summed E-state index contributed by atoms with van der Waals surface area (Å²) in [6.07, 6.45) is 0. The van der Waals surface area contributed by atoms with Gasteiger partial charge < -0.3 is 4.74 Å². The van der Waals surface area contributed by atoms with E-state index >= 15 is 0 Å². The van der Waals surface area contributed by atoms with Crippen molar-refractivity contribution in [1.82, 2.24) is 0 Å². The molecule has 174 valence electrons. The van der Waals surface area contributed by atoms with Crippen molar-refractivity contribution in [3.63, 3.8) is 0 Å². The van der Waals surface area contributed by atoms with Crippen LogP contribution in [0.4, 0.5) is 5.69 Å². The van der Waals surface area contributed by atoms with E-state index in [0.717, 1.165) is 22.3 Å². The Morgan fingerprint density at radius 1 is 0.765 bits per heavy atom. The number of imide groups is 1. The van der Waals surface area contributed by atoms with Gasteiger partial charge in [-0.1, -0.05) is 52.0 Å². The van der Waals surface area contributed by atoms with Crippen LogP contribution in [-0.4, -0.2) is 17.8 Å². The van der Waals surface area contributed by atoms with Crippen LogP contribution in [-0.2, 0) is 0 Å². The molecule has 0 radical (unpaired) electrons. The van der Waals surface area contributed by atoms with E-state index in [2.05, 4.69) is 0 Å². The molecule has 1 aliphatic heterocycles. The van der Waals surface area contributed by atoms with Crippen LogP contribution in [0.1, 0.15) is 92.9 Å². The van der Waals surface area contributed by atoms with E-state index in [1.165, 1.54) is 17.0 Å². The molecule has 0 N–H and O–H groups in total. The Bertz CT molecular complexity index is 1290. The molecular weight excluding hydrogens is 426 g/mol. The van der Waals surface area contributed by atoms with Gasteiger partial charge >= 0.3 is 5.97 Å². The van der Waals surface area contributed by atoms with Crippen LogP contribution in [0.15, 0.2) is 54.6 Å². The number of nitrogens with zero attached hydrogens (tertiary/aromatic N) is 1. The van der Waals surface area contributed by atoms with E-state index in [-0.39, 0.29) is 28.9 Å². The van der Waals surface area contributed by atoms with E-state index in [1.807, 2.05) is 65.8 Å². The summed E-state index contributed by atoms with van der Waals surface area (Å²) in [5, 5.41) is 0. The van der Waals surface area contributed by atoms with Crippen LogP contribution in [0.2, 0.25) is 0 Å². The zero-order valence-corrected chi connectivity index (χ0v) is 20.4. The van der Waals surface area contributed by atoms with Gasteiger partial charge in [-0.15, -0.1) is 0 Å². The van der Waals surface area contributed by atoms with E-state index in [0.29, 0.717) is 17.0 Å². The lowest BCUT2D eigenvalue weighted by Gasteiger charge is -2.25. The second kappa shape index (κ2) is 8.90. The first kappa shape index (κ1) is 23.4. The number of benzene rings is 3. The monoisotopic (exact) mass is 455 g/mol. The SMILES string of the molecule is Cc1ccc(OC(=O)c2ccc3c(c2)C(=O)N(c2c(C(C)C)cccc2C(C)C)C3=O)cc1C. The second-order valence-electron chi connectivity index (χ2n) is 9.44. The summed E-state index contributed by atoms with van der Waals surface area (Å²) >= 11 is 0. The summed E-state index contributed by atoms with van der Waals surface area (Å²) in [5.41, 5.74) is 5.38. The molecule has 2 amide bonds. The van der Waals surface area contributed by atoms with Crippen molar-refractivity contribution in [2.24, 2.45) is 0 Å². The van der Waals surface area contributed by atoms with Crippen molar-refractivity contribution < 1.29 is 19.1 Å². The summed E-state index contributed by atoms with van der Waals surface area (Å²) in [5.74, 6) is -0.678. The van der Waals surface area contributed by atoms with Gasteiger partial charge in [-0.3, -0.25) is 9.59 Å². The van der Waals surface area contributed by atoms with E-state index in [4.69, 9.17) is 4.74 Å². The zero-order chi connectivity index (χ0) is 24.7. The maximum atomic E-state index is 13.5. The molecule has 3 aromatic rings. The van der Waals surface area contributed by atoms with Crippen molar-refractivity contribution >= 4 is 23.5 Å². The third-order valence-electron chi connectivity index (χ3n) is 6.38. The lowest BCUT2D eigenvalue weighted by Crippen LogP contribution is -2.31. The number of amides is 2. The molecule has 5 heteroatoms. The summed E-state index contributed by atoms with van der Waals surface area (Å²) in [7, 11) is 0. The van der Waals surface area contributed by atoms with E-state index in [1.54, 1.807) is 18.2 Å². The minimum Gasteiger partial charge on any atom is -0.423 e. The molecule has 0 saturated carbocycles. The Labute approximate surface area is 200 Å². The standard InChI is InChI=1S/C29H29NO4/c1-16(2)22-8-7-9-23(17(3)4)26(22)30-27(31)24-13-11-20(15-25(24)28(30)32)29(33)34-21-12-10-18(5)19(6)14-21/h7-17H,1-6H3. The number of aryl methyl sites for hydroxylation is 2. The van der Waals surface area contributed by atoms with Crippen molar-refractivity contribution in [2.75, 3.05) is 4.90 Å². The van der Waals surface area contributed by atoms with Crippen molar-refractivity contribution in [2.45, 2.75) is 53.4 Å². The number of carbonyl (C=O) groups excluding carboxylic acids is 3. The normalized spacial score (nSPS) is 13.1. The first-order valence-electron chi connectivity index (χ1n) is 11.5. The largest absolute Gasteiger partial charge is 0.423 e. The molecular formula is C29H29NO4. The van der Waals surface area contributed by atoms with Crippen molar-refractivity contribution in [1.29, 1.82) is 0 Å². The average Bonchev–Trinajstić information content (AvgIpc) is 3.04. The number of hydrogen-bond donors (Lipinski definition) is 0. The number of ether oxygens (including phenoxy) is 1. The molecule has 0 saturated heterocycles. The molecule has 4 rings (SSSR count). The van der Waals surface area contributed by atoms with Crippen LogP contribution < -0.4 is 9.64 Å². The average molecular weight is 456 g/mol. The summed E-state index contributed by atoms with van der Waals surface area (Å²) in [6.45, 7) is 12.1. The summed E-state index contributed by atoms with van der Waals surface area (Å²) in [4.78, 5) is 41.0. The highest BCUT2D eigenvalue weighted by molar-refractivity contribution is 6.35. The third-order valence-corrected chi connectivity index (χ3v) is 6.38. The van der Waals surface area contributed by atoms with E-state index < -0.39 is 11.9 Å². The van der Waals surface area contributed by atoms with Crippen LogP contribution in [0, 0.1) is 13.8 Å². The molecule has 0 aliphatic carbocycles. The number of fused-ring (bicyclic) bond motifs is 1. The van der Waals surface area contributed by atoms with Crippen LogP contribution >= 0.6 is 0 Å². The molecule has 0 bridgehead atoms. The van der Waals surface area contributed by atoms with E-state index in [9.17, 15) is 14.4 Å². The zero-order valence-electron chi connectivity index (χ0n) is 20.4. The first-order valence-corrected chi connectivity index (χ1v) is 11.5. The van der Waals surface area contributed by atoms with Gasteiger partial charge in [-0.05, 0) is 78.3 Å². The number of hydrogen-bond acceptors (Lipinski definition) is 4. The fraction of sp³-hybridized carbons (Fsp3) is 0.276. The fourth-order valence-electron chi connectivity index (χ4n) is 4.28. The molecule has 0 spiro atoms. The first-order chi connectivity index (χ1) is 16.1. The topological polar surface area (TPSA) is 63.7 Å². The van der Waals surface area contributed by atoms with Crippen molar-refractivity contribution in [3.05, 3.63) is 93.5 Å². The molecule has 0 atom stereocenters. The highest BCUT2D eigenvalue weighted by Crippen LogP contribution is 2.39. The summed E-state index contributed by atoms with van der Waals surface area (Å²) < 4.78 is 5.52. The Kier molecular flexibility index (Phi) is 6.13. The quantitative estimate of drug-likeness (QED) is 0.248. The molecule has 0 unspecified atom stereocenters. The number of esters is 1. The lowest BCUT2D eigenvalue weighted by molar-refractivity contribution is 0.0734.